The highest BCUT2D eigenvalue weighted by atomic mass is 32.1. The van der Waals surface area contributed by atoms with Crippen LogP contribution < -0.4 is 5.32 Å². The molecule has 2 aromatic rings. The van der Waals surface area contributed by atoms with E-state index in [-0.39, 0.29) is 5.91 Å². The quantitative estimate of drug-likeness (QED) is 0.890. The molecule has 1 fully saturated rings. The van der Waals surface area contributed by atoms with Crippen LogP contribution in [0.5, 0.6) is 0 Å². The maximum atomic E-state index is 12.0. The lowest BCUT2D eigenvalue weighted by Gasteiger charge is -2.04. The van der Waals surface area contributed by atoms with Crippen LogP contribution in [0.2, 0.25) is 0 Å². The first kappa shape index (κ1) is 15.2. The molecule has 118 valence electrons. The van der Waals surface area contributed by atoms with E-state index in [0.29, 0.717) is 18.9 Å². The number of carbonyl (C=O) groups is 1. The van der Waals surface area contributed by atoms with Gasteiger partial charge in [-0.3, -0.25) is 9.48 Å². The van der Waals surface area contributed by atoms with E-state index in [1.165, 1.54) is 23.4 Å². The molecule has 22 heavy (non-hydrogen) atoms. The molecular weight excluding hydrogens is 296 g/mol. The summed E-state index contributed by atoms with van der Waals surface area (Å²) in [6.45, 7) is 4.57. The minimum Gasteiger partial charge on any atom is -0.350 e. The topological polar surface area (TPSA) is 59.8 Å². The molecule has 0 saturated heterocycles. The summed E-state index contributed by atoms with van der Waals surface area (Å²) >= 11 is 1.72. The van der Waals surface area contributed by atoms with Gasteiger partial charge in [-0.1, -0.05) is 0 Å². The Balaban J connectivity index is 1.47. The molecule has 1 N–H and O–H groups in total. The van der Waals surface area contributed by atoms with Crippen LogP contribution in [-0.4, -0.2) is 20.7 Å². The van der Waals surface area contributed by atoms with Gasteiger partial charge in [0, 0.05) is 30.5 Å². The lowest BCUT2D eigenvalue weighted by molar-refractivity contribution is -0.121. The summed E-state index contributed by atoms with van der Waals surface area (Å²) in [6, 6.07) is 0. The van der Waals surface area contributed by atoms with E-state index in [9.17, 15) is 4.79 Å². The Bertz CT molecular complexity index is 684. The Hall–Kier alpha value is -1.69. The summed E-state index contributed by atoms with van der Waals surface area (Å²) in [7, 11) is 1.94. The molecule has 5 nitrogen and oxygen atoms in total. The lowest BCUT2D eigenvalue weighted by Crippen LogP contribution is -2.23. The van der Waals surface area contributed by atoms with Gasteiger partial charge >= 0.3 is 0 Å². The predicted molar refractivity (Wildman–Crippen MR) is 86.9 cm³/mol. The Morgan fingerprint density at radius 3 is 2.86 bits per heavy atom. The van der Waals surface area contributed by atoms with Crippen molar-refractivity contribution >= 4 is 17.2 Å². The average molecular weight is 318 g/mol. The van der Waals surface area contributed by atoms with Crippen LogP contribution in [0.25, 0.3) is 0 Å². The molecule has 0 aliphatic heterocycles. The van der Waals surface area contributed by atoms with Gasteiger partial charge in [-0.25, -0.2) is 4.98 Å². The molecule has 1 saturated carbocycles. The van der Waals surface area contributed by atoms with Gasteiger partial charge in [-0.05, 0) is 38.7 Å². The van der Waals surface area contributed by atoms with E-state index in [0.717, 1.165) is 23.5 Å². The average Bonchev–Trinajstić information content (AvgIpc) is 3.18. The first-order chi connectivity index (χ1) is 10.5. The van der Waals surface area contributed by atoms with Crippen molar-refractivity contribution in [1.29, 1.82) is 0 Å². The molecule has 0 aromatic carbocycles. The van der Waals surface area contributed by atoms with Gasteiger partial charge in [0.05, 0.1) is 22.9 Å². The predicted octanol–water partition coefficient (Wildman–Crippen LogP) is 2.62. The van der Waals surface area contributed by atoms with Gasteiger partial charge in [0.1, 0.15) is 0 Å². The van der Waals surface area contributed by atoms with Crippen LogP contribution in [0.1, 0.15) is 52.8 Å². The molecule has 0 spiro atoms. The zero-order valence-electron chi connectivity index (χ0n) is 13.3. The zero-order valence-corrected chi connectivity index (χ0v) is 14.2. The van der Waals surface area contributed by atoms with Gasteiger partial charge in [0.15, 0.2) is 0 Å². The number of rotatable bonds is 6. The number of thiazole rings is 1. The fourth-order valence-electron chi connectivity index (χ4n) is 2.62. The van der Waals surface area contributed by atoms with Gasteiger partial charge in [-0.2, -0.15) is 5.10 Å². The molecular formula is C16H22N4OS. The van der Waals surface area contributed by atoms with Crippen LogP contribution in [0.3, 0.4) is 0 Å². The van der Waals surface area contributed by atoms with Crippen molar-refractivity contribution in [2.24, 2.45) is 7.05 Å². The van der Waals surface area contributed by atoms with Gasteiger partial charge < -0.3 is 5.32 Å². The fraction of sp³-hybridized carbons (Fsp3) is 0.562. The first-order valence-corrected chi connectivity index (χ1v) is 8.62. The van der Waals surface area contributed by atoms with Gasteiger partial charge in [-0.15, -0.1) is 11.3 Å². The van der Waals surface area contributed by atoms with Crippen molar-refractivity contribution in [1.82, 2.24) is 20.1 Å². The number of nitrogens with zero attached hydrogens (tertiary/aromatic N) is 3. The molecule has 2 heterocycles. The van der Waals surface area contributed by atoms with Crippen LogP contribution in [0.4, 0.5) is 0 Å². The molecule has 1 aliphatic rings. The molecule has 1 aliphatic carbocycles. The van der Waals surface area contributed by atoms with Crippen molar-refractivity contribution in [2.45, 2.75) is 52.0 Å². The number of hydrogen-bond donors (Lipinski definition) is 1. The largest absolute Gasteiger partial charge is 0.350 e. The minimum absolute atomic E-state index is 0.0728. The first-order valence-electron chi connectivity index (χ1n) is 7.74. The molecule has 3 rings (SSSR count). The molecule has 2 aromatic heterocycles. The Labute approximate surface area is 134 Å². The summed E-state index contributed by atoms with van der Waals surface area (Å²) in [6.07, 6.45) is 3.76. The van der Waals surface area contributed by atoms with E-state index in [1.54, 1.807) is 11.3 Å². The Morgan fingerprint density at radius 1 is 1.45 bits per heavy atom. The summed E-state index contributed by atoms with van der Waals surface area (Å²) in [4.78, 5) is 16.6. The van der Waals surface area contributed by atoms with E-state index in [1.807, 2.05) is 25.6 Å². The second-order valence-corrected chi connectivity index (χ2v) is 6.89. The fourth-order valence-corrected chi connectivity index (χ4v) is 3.61. The number of aromatic nitrogens is 3. The number of aryl methyl sites for hydroxylation is 2. The minimum atomic E-state index is 0.0728. The van der Waals surface area contributed by atoms with E-state index >= 15 is 0 Å². The number of amides is 1. The van der Waals surface area contributed by atoms with Gasteiger partial charge in [0.25, 0.3) is 0 Å². The van der Waals surface area contributed by atoms with Crippen LogP contribution in [-0.2, 0) is 24.8 Å². The summed E-state index contributed by atoms with van der Waals surface area (Å²) in [5, 5.41) is 10.6. The summed E-state index contributed by atoms with van der Waals surface area (Å²) in [5.41, 5.74) is 4.32. The summed E-state index contributed by atoms with van der Waals surface area (Å²) < 4.78 is 1.87. The Kier molecular flexibility index (Phi) is 4.29. The lowest BCUT2D eigenvalue weighted by atomic mass is 10.1. The third-order valence-corrected chi connectivity index (χ3v) is 5.28. The maximum absolute atomic E-state index is 12.0. The highest BCUT2D eigenvalue weighted by Crippen LogP contribution is 2.41. The van der Waals surface area contributed by atoms with Crippen molar-refractivity contribution in [3.8, 4) is 0 Å². The zero-order chi connectivity index (χ0) is 15.7. The van der Waals surface area contributed by atoms with E-state index < -0.39 is 0 Å². The van der Waals surface area contributed by atoms with Crippen LogP contribution in [0.15, 0.2) is 5.38 Å². The number of nitrogens with one attached hydrogen (secondary N) is 1. The van der Waals surface area contributed by atoms with Crippen molar-refractivity contribution in [2.75, 3.05) is 0 Å². The number of hydrogen-bond acceptors (Lipinski definition) is 4. The molecule has 6 heteroatoms. The van der Waals surface area contributed by atoms with Crippen LogP contribution in [0, 0.1) is 13.8 Å². The van der Waals surface area contributed by atoms with E-state index in [4.69, 9.17) is 0 Å². The molecule has 1 amide bonds. The van der Waals surface area contributed by atoms with Crippen LogP contribution >= 0.6 is 11.3 Å². The molecule has 0 atom stereocenters. The highest BCUT2D eigenvalue weighted by Gasteiger charge is 2.26. The summed E-state index contributed by atoms with van der Waals surface area (Å²) in [5.74, 6) is 0.759. The maximum Gasteiger partial charge on any atom is 0.220 e. The smallest absolute Gasteiger partial charge is 0.220 e. The molecule has 0 unspecified atom stereocenters. The van der Waals surface area contributed by atoms with Crippen molar-refractivity contribution in [3.63, 3.8) is 0 Å². The van der Waals surface area contributed by atoms with E-state index in [2.05, 4.69) is 20.8 Å². The molecule has 0 bridgehead atoms. The highest BCUT2D eigenvalue weighted by molar-refractivity contribution is 7.09. The van der Waals surface area contributed by atoms with Gasteiger partial charge in [0.2, 0.25) is 5.91 Å². The SMILES string of the molecule is Cc1nn(C)c(C)c1CCC(=O)NCc1csc(C2CC2)n1. The Morgan fingerprint density at radius 2 is 2.23 bits per heavy atom. The van der Waals surface area contributed by atoms with Crippen molar-refractivity contribution < 1.29 is 4.79 Å². The number of carbonyl (C=O) groups excluding carboxylic acids is 1. The second-order valence-electron chi connectivity index (χ2n) is 6.00. The van der Waals surface area contributed by atoms with Crippen molar-refractivity contribution in [3.05, 3.63) is 33.0 Å². The standard InChI is InChI=1S/C16H22N4OS/c1-10-14(11(2)20(3)19-10)6-7-15(21)17-8-13-9-22-16(18-13)12-4-5-12/h9,12H,4-8H2,1-3H3,(H,17,21). The monoisotopic (exact) mass is 318 g/mol. The second kappa shape index (κ2) is 6.20. The third kappa shape index (κ3) is 3.38. The molecule has 0 radical (unpaired) electrons. The third-order valence-electron chi connectivity index (χ3n) is 4.22. The normalized spacial score (nSPS) is 14.3.